The monoisotopic (exact) mass is 239 g/mol. The second kappa shape index (κ2) is 5.87. The van der Waals surface area contributed by atoms with Gasteiger partial charge in [0, 0.05) is 17.8 Å². The van der Waals surface area contributed by atoms with Crippen LogP contribution in [-0.2, 0) is 6.42 Å². The zero-order chi connectivity index (χ0) is 12.8. The molecule has 0 fully saturated rings. The lowest BCUT2D eigenvalue weighted by Crippen LogP contribution is -1.97. The van der Waals surface area contributed by atoms with Gasteiger partial charge in [0.2, 0.25) is 5.95 Å². The first-order chi connectivity index (χ1) is 8.79. The van der Waals surface area contributed by atoms with Gasteiger partial charge in [0.15, 0.2) is 0 Å². The van der Waals surface area contributed by atoms with E-state index in [4.69, 9.17) is 0 Å². The molecule has 1 heterocycles. The molecule has 0 atom stereocenters. The number of anilines is 1. The van der Waals surface area contributed by atoms with E-state index in [0.717, 1.165) is 29.5 Å². The Balaban J connectivity index is 2.05. The predicted molar refractivity (Wildman–Crippen MR) is 77.2 cm³/mol. The SMILES string of the molecule is C=C(/C=C\C=C/C)Nc1nc2c([nH]1)CC=CC=C2. The van der Waals surface area contributed by atoms with E-state index in [1.807, 2.05) is 49.5 Å². The van der Waals surface area contributed by atoms with Crippen molar-refractivity contribution >= 4 is 12.0 Å². The highest BCUT2D eigenvalue weighted by atomic mass is 15.1. The number of aromatic nitrogens is 2. The first-order valence-electron chi connectivity index (χ1n) is 5.97. The summed E-state index contributed by atoms with van der Waals surface area (Å²) in [7, 11) is 0. The maximum Gasteiger partial charge on any atom is 0.205 e. The molecule has 0 aliphatic heterocycles. The molecule has 1 aliphatic carbocycles. The lowest BCUT2D eigenvalue weighted by atomic mass is 10.2. The molecule has 0 radical (unpaired) electrons. The van der Waals surface area contributed by atoms with Crippen LogP contribution in [0.2, 0.25) is 0 Å². The van der Waals surface area contributed by atoms with Crippen molar-refractivity contribution in [3.8, 4) is 0 Å². The fraction of sp³-hybridized carbons (Fsp3) is 0.133. The number of H-pyrrole nitrogens is 1. The van der Waals surface area contributed by atoms with Crippen LogP contribution in [0.15, 0.2) is 54.8 Å². The molecule has 2 rings (SSSR count). The molecule has 1 aliphatic rings. The third kappa shape index (κ3) is 3.10. The van der Waals surface area contributed by atoms with E-state index in [1.54, 1.807) is 0 Å². The van der Waals surface area contributed by atoms with E-state index in [-0.39, 0.29) is 0 Å². The maximum atomic E-state index is 4.47. The molecule has 1 aromatic heterocycles. The van der Waals surface area contributed by atoms with Crippen molar-refractivity contribution < 1.29 is 0 Å². The molecule has 0 unspecified atom stereocenters. The maximum absolute atomic E-state index is 4.47. The Morgan fingerprint density at radius 3 is 3.17 bits per heavy atom. The molecule has 1 aromatic rings. The third-order valence-corrected chi connectivity index (χ3v) is 2.51. The summed E-state index contributed by atoms with van der Waals surface area (Å²) in [4.78, 5) is 7.73. The zero-order valence-electron chi connectivity index (χ0n) is 10.5. The molecule has 3 heteroatoms. The summed E-state index contributed by atoms with van der Waals surface area (Å²) >= 11 is 0. The fourth-order valence-electron chi connectivity index (χ4n) is 1.66. The van der Waals surface area contributed by atoms with Crippen molar-refractivity contribution in [1.82, 2.24) is 9.97 Å². The zero-order valence-corrected chi connectivity index (χ0v) is 10.5. The van der Waals surface area contributed by atoms with Gasteiger partial charge in [-0.1, -0.05) is 43.0 Å². The second-order valence-electron chi connectivity index (χ2n) is 3.98. The average molecular weight is 239 g/mol. The van der Waals surface area contributed by atoms with Crippen molar-refractivity contribution in [2.24, 2.45) is 0 Å². The topological polar surface area (TPSA) is 40.7 Å². The number of hydrogen-bond acceptors (Lipinski definition) is 2. The van der Waals surface area contributed by atoms with Gasteiger partial charge in [0.25, 0.3) is 0 Å². The number of nitrogens with one attached hydrogen (secondary N) is 2. The summed E-state index contributed by atoms with van der Waals surface area (Å²) in [5.41, 5.74) is 2.90. The van der Waals surface area contributed by atoms with E-state index in [1.165, 1.54) is 0 Å². The van der Waals surface area contributed by atoms with E-state index in [9.17, 15) is 0 Å². The highest BCUT2D eigenvalue weighted by Gasteiger charge is 2.07. The smallest absolute Gasteiger partial charge is 0.205 e. The van der Waals surface area contributed by atoms with Gasteiger partial charge in [-0.3, -0.25) is 0 Å². The molecule has 0 bridgehead atoms. The quantitative estimate of drug-likeness (QED) is 0.788. The Bertz CT molecular complexity index is 542. The minimum absolute atomic E-state index is 0.732. The summed E-state index contributed by atoms with van der Waals surface area (Å²) < 4.78 is 0. The van der Waals surface area contributed by atoms with Crippen LogP contribution in [0.5, 0.6) is 0 Å². The van der Waals surface area contributed by atoms with Gasteiger partial charge in [0.05, 0.1) is 5.69 Å². The molecule has 0 spiro atoms. The number of hydrogen-bond donors (Lipinski definition) is 2. The summed E-state index contributed by atoms with van der Waals surface area (Å²) in [5, 5.41) is 3.14. The number of allylic oxidation sites excluding steroid dienone is 7. The first kappa shape index (κ1) is 12.2. The van der Waals surface area contributed by atoms with Crippen LogP contribution in [0.4, 0.5) is 5.95 Å². The summed E-state index contributed by atoms with van der Waals surface area (Å²) in [5.74, 6) is 0.732. The number of aromatic amines is 1. The molecule has 18 heavy (non-hydrogen) atoms. The van der Waals surface area contributed by atoms with E-state index < -0.39 is 0 Å². The van der Waals surface area contributed by atoms with Crippen LogP contribution in [0.3, 0.4) is 0 Å². The van der Waals surface area contributed by atoms with Crippen LogP contribution in [0.1, 0.15) is 18.3 Å². The fourth-order valence-corrected chi connectivity index (χ4v) is 1.66. The minimum atomic E-state index is 0.732. The predicted octanol–water partition coefficient (Wildman–Crippen LogP) is 3.59. The van der Waals surface area contributed by atoms with Crippen molar-refractivity contribution in [2.45, 2.75) is 13.3 Å². The average Bonchev–Trinajstić information content (AvgIpc) is 2.59. The van der Waals surface area contributed by atoms with Gasteiger partial charge in [-0.05, 0) is 19.1 Å². The molecule has 0 aromatic carbocycles. The lowest BCUT2D eigenvalue weighted by molar-refractivity contribution is 1.15. The normalized spacial score (nSPS) is 14.1. The standard InChI is InChI=1S/C15H17N3/c1-3-4-6-9-12(2)16-15-17-13-10-7-5-8-11-14(13)18-15/h3-10H,2,11H2,1H3,(H2,16,17,18)/b4-3-,9-6-. The molecule has 0 saturated carbocycles. The van der Waals surface area contributed by atoms with Crippen molar-refractivity contribution in [3.05, 3.63) is 66.2 Å². The number of fused-ring (bicyclic) bond motifs is 1. The van der Waals surface area contributed by atoms with E-state index in [0.29, 0.717) is 0 Å². The van der Waals surface area contributed by atoms with Gasteiger partial charge < -0.3 is 10.3 Å². The number of imidazole rings is 1. The minimum Gasteiger partial charge on any atom is -0.327 e. The summed E-state index contributed by atoms with van der Waals surface area (Å²) in [6.07, 6.45) is 16.8. The Labute approximate surface area is 107 Å². The summed E-state index contributed by atoms with van der Waals surface area (Å²) in [6.45, 7) is 5.90. The van der Waals surface area contributed by atoms with E-state index in [2.05, 4.69) is 27.9 Å². The van der Waals surface area contributed by atoms with Crippen LogP contribution in [0, 0.1) is 0 Å². The Morgan fingerprint density at radius 1 is 1.44 bits per heavy atom. The Hall–Kier alpha value is -2.29. The summed E-state index contributed by atoms with van der Waals surface area (Å²) in [6, 6.07) is 0. The largest absolute Gasteiger partial charge is 0.327 e. The Morgan fingerprint density at radius 2 is 2.33 bits per heavy atom. The molecule has 0 amide bonds. The highest BCUT2D eigenvalue weighted by molar-refractivity contribution is 5.56. The van der Waals surface area contributed by atoms with Gasteiger partial charge in [0.1, 0.15) is 0 Å². The van der Waals surface area contributed by atoms with E-state index >= 15 is 0 Å². The molecular formula is C15H17N3. The lowest BCUT2D eigenvalue weighted by Gasteiger charge is -2.00. The van der Waals surface area contributed by atoms with Crippen LogP contribution >= 0.6 is 0 Å². The Kier molecular flexibility index (Phi) is 3.97. The highest BCUT2D eigenvalue weighted by Crippen LogP contribution is 2.16. The van der Waals surface area contributed by atoms with Gasteiger partial charge in [-0.15, -0.1) is 0 Å². The van der Waals surface area contributed by atoms with Gasteiger partial charge >= 0.3 is 0 Å². The number of nitrogens with zero attached hydrogens (tertiary/aromatic N) is 1. The molecule has 92 valence electrons. The van der Waals surface area contributed by atoms with Crippen LogP contribution in [0.25, 0.3) is 6.08 Å². The van der Waals surface area contributed by atoms with Crippen molar-refractivity contribution in [2.75, 3.05) is 5.32 Å². The van der Waals surface area contributed by atoms with Crippen molar-refractivity contribution in [3.63, 3.8) is 0 Å². The second-order valence-corrected chi connectivity index (χ2v) is 3.98. The van der Waals surface area contributed by atoms with Crippen LogP contribution in [-0.4, -0.2) is 9.97 Å². The molecule has 0 saturated heterocycles. The third-order valence-electron chi connectivity index (χ3n) is 2.51. The number of rotatable bonds is 4. The first-order valence-corrected chi connectivity index (χ1v) is 5.97. The molecule has 3 nitrogen and oxygen atoms in total. The van der Waals surface area contributed by atoms with Gasteiger partial charge in [-0.2, -0.15) is 0 Å². The van der Waals surface area contributed by atoms with Crippen molar-refractivity contribution in [1.29, 1.82) is 0 Å². The van der Waals surface area contributed by atoms with Gasteiger partial charge in [-0.25, -0.2) is 4.98 Å². The molecular weight excluding hydrogens is 222 g/mol. The molecule has 2 N–H and O–H groups in total. The van der Waals surface area contributed by atoms with Crippen LogP contribution < -0.4 is 5.32 Å².